The summed E-state index contributed by atoms with van der Waals surface area (Å²) in [6.45, 7) is 1.54. The summed E-state index contributed by atoms with van der Waals surface area (Å²) >= 11 is 0. The van der Waals surface area contributed by atoms with Gasteiger partial charge in [-0.05, 0) is 24.6 Å². The molecule has 0 amide bonds. The van der Waals surface area contributed by atoms with Crippen LogP contribution in [0.15, 0.2) is 27.9 Å². The Morgan fingerprint density at radius 2 is 2.20 bits per heavy atom. The number of nitrogens with two attached hydrogens (primary N) is 1. The van der Waals surface area contributed by atoms with E-state index in [1.54, 1.807) is 0 Å². The van der Waals surface area contributed by atoms with Crippen molar-refractivity contribution in [2.45, 2.75) is 18.2 Å². The van der Waals surface area contributed by atoms with Crippen LogP contribution in [0.3, 0.4) is 0 Å². The number of benzene rings is 1. The van der Waals surface area contributed by atoms with Crippen molar-refractivity contribution < 1.29 is 17.3 Å². The minimum Gasteiger partial charge on any atom is -0.396 e. The van der Waals surface area contributed by atoms with Gasteiger partial charge < -0.3 is 10.3 Å². The molecule has 0 aliphatic carbocycles. The standard InChI is InChI=1S/C11H13FN4O3S/c1-7-4-8(5-9(13)11(7)12)20(17,18)15-3-2-10-14-6-19-16-10/h4-6,15H,2-3,13H2,1H3. The highest BCUT2D eigenvalue weighted by atomic mass is 32.2. The van der Waals surface area contributed by atoms with Crippen LogP contribution in [0.4, 0.5) is 10.1 Å². The van der Waals surface area contributed by atoms with Crippen LogP contribution in [0.5, 0.6) is 0 Å². The van der Waals surface area contributed by atoms with Crippen molar-refractivity contribution in [3.63, 3.8) is 0 Å². The van der Waals surface area contributed by atoms with Gasteiger partial charge in [-0.25, -0.2) is 17.5 Å². The third-order valence-corrected chi connectivity index (χ3v) is 4.05. The van der Waals surface area contributed by atoms with Crippen LogP contribution in [0, 0.1) is 12.7 Å². The number of hydrogen-bond donors (Lipinski definition) is 2. The quantitative estimate of drug-likeness (QED) is 0.783. The molecule has 108 valence electrons. The van der Waals surface area contributed by atoms with Gasteiger partial charge in [0, 0.05) is 13.0 Å². The Bertz CT molecular complexity index is 677. The van der Waals surface area contributed by atoms with Gasteiger partial charge in [-0.1, -0.05) is 5.16 Å². The van der Waals surface area contributed by atoms with Crippen molar-refractivity contribution in [1.82, 2.24) is 14.9 Å². The van der Waals surface area contributed by atoms with Gasteiger partial charge in [-0.15, -0.1) is 0 Å². The molecule has 1 aromatic heterocycles. The predicted molar refractivity (Wildman–Crippen MR) is 68.7 cm³/mol. The second-order valence-corrected chi connectivity index (χ2v) is 5.91. The van der Waals surface area contributed by atoms with Gasteiger partial charge in [0.1, 0.15) is 5.82 Å². The summed E-state index contributed by atoms with van der Waals surface area (Å²) in [6.07, 6.45) is 1.44. The summed E-state index contributed by atoms with van der Waals surface area (Å²) in [5, 5.41) is 3.56. The molecule has 9 heteroatoms. The molecule has 0 radical (unpaired) electrons. The summed E-state index contributed by atoms with van der Waals surface area (Å²) in [6, 6.07) is 2.31. The fraction of sp³-hybridized carbons (Fsp3) is 0.273. The molecule has 3 N–H and O–H groups in total. The molecule has 2 aromatic rings. The predicted octanol–water partition coefficient (Wildman–Crippen LogP) is 0.620. The summed E-state index contributed by atoms with van der Waals surface area (Å²) in [7, 11) is -3.76. The van der Waals surface area contributed by atoms with Crippen molar-refractivity contribution in [2.24, 2.45) is 0 Å². The van der Waals surface area contributed by atoms with E-state index in [1.807, 2.05) is 0 Å². The van der Waals surface area contributed by atoms with Crippen LogP contribution in [-0.2, 0) is 16.4 Å². The molecule has 0 atom stereocenters. The molecule has 20 heavy (non-hydrogen) atoms. The third-order valence-electron chi connectivity index (χ3n) is 2.61. The van der Waals surface area contributed by atoms with Crippen LogP contribution >= 0.6 is 0 Å². The van der Waals surface area contributed by atoms with E-state index in [-0.39, 0.29) is 29.1 Å². The zero-order chi connectivity index (χ0) is 14.8. The maximum atomic E-state index is 13.4. The number of anilines is 1. The Morgan fingerprint density at radius 1 is 1.45 bits per heavy atom. The second kappa shape index (κ2) is 5.55. The first-order chi connectivity index (χ1) is 9.40. The van der Waals surface area contributed by atoms with Crippen LogP contribution in [0.2, 0.25) is 0 Å². The number of aryl methyl sites for hydroxylation is 1. The molecule has 0 bridgehead atoms. The molecule has 0 aliphatic rings. The van der Waals surface area contributed by atoms with Crippen molar-refractivity contribution in [2.75, 3.05) is 12.3 Å². The molecule has 7 nitrogen and oxygen atoms in total. The number of nitrogens with zero attached hydrogens (tertiary/aromatic N) is 2. The summed E-state index contributed by atoms with van der Waals surface area (Å²) < 4.78 is 44.3. The van der Waals surface area contributed by atoms with Gasteiger partial charge in [-0.2, -0.15) is 4.98 Å². The Labute approximate surface area is 115 Å². The van der Waals surface area contributed by atoms with Gasteiger partial charge in [0.2, 0.25) is 16.4 Å². The Morgan fingerprint density at radius 3 is 2.80 bits per heavy atom. The summed E-state index contributed by atoms with van der Waals surface area (Å²) in [4.78, 5) is 3.68. The van der Waals surface area contributed by atoms with E-state index in [0.29, 0.717) is 5.82 Å². The van der Waals surface area contributed by atoms with Crippen LogP contribution in [0.1, 0.15) is 11.4 Å². The van der Waals surface area contributed by atoms with E-state index >= 15 is 0 Å². The lowest BCUT2D eigenvalue weighted by Crippen LogP contribution is -2.26. The number of nitrogens with one attached hydrogen (secondary N) is 1. The molecule has 0 saturated carbocycles. The Hall–Kier alpha value is -2.00. The van der Waals surface area contributed by atoms with E-state index < -0.39 is 15.8 Å². The molecule has 0 aliphatic heterocycles. The fourth-order valence-corrected chi connectivity index (χ4v) is 2.75. The second-order valence-electron chi connectivity index (χ2n) is 4.14. The lowest BCUT2D eigenvalue weighted by molar-refractivity contribution is 0.410. The van der Waals surface area contributed by atoms with E-state index in [0.717, 1.165) is 12.5 Å². The average Bonchev–Trinajstić information content (AvgIpc) is 2.88. The number of sulfonamides is 1. The van der Waals surface area contributed by atoms with Crippen LogP contribution < -0.4 is 10.5 Å². The highest BCUT2D eigenvalue weighted by molar-refractivity contribution is 7.89. The van der Waals surface area contributed by atoms with E-state index in [4.69, 9.17) is 5.73 Å². The van der Waals surface area contributed by atoms with Crippen molar-refractivity contribution in [3.8, 4) is 0 Å². The number of nitrogen functional groups attached to an aromatic ring is 1. The van der Waals surface area contributed by atoms with Crippen molar-refractivity contribution in [3.05, 3.63) is 35.7 Å². The smallest absolute Gasteiger partial charge is 0.240 e. The summed E-state index contributed by atoms with van der Waals surface area (Å²) in [5.74, 6) is -0.224. The maximum absolute atomic E-state index is 13.4. The molecule has 0 unspecified atom stereocenters. The Kier molecular flexibility index (Phi) is 4.00. The zero-order valence-corrected chi connectivity index (χ0v) is 11.4. The first-order valence-corrected chi connectivity index (χ1v) is 7.19. The van der Waals surface area contributed by atoms with Crippen molar-refractivity contribution >= 4 is 15.7 Å². The SMILES string of the molecule is Cc1cc(S(=O)(=O)NCCc2ncon2)cc(N)c1F. The van der Waals surface area contributed by atoms with E-state index in [9.17, 15) is 12.8 Å². The fourth-order valence-electron chi connectivity index (χ4n) is 1.60. The molecule has 0 spiro atoms. The van der Waals surface area contributed by atoms with Gasteiger partial charge >= 0.3 is 0 Å². The lowest BCUT2D eigenvalue weighted by atomic mass is 10.2. The topological polar surface area (TPSA) is 111 Å². The minimum atomic E-state index is -3.76. The highest BCUT2D eigenvalue weighted by Crippen LogP contribution is 2.20. The number of rotatable bonds is 5. The molecule has 2 rings (SSSR count). The Balaban J connectivity index is 2.10. The van der Waals surface area contributed by atoms with Gasteiger partial charge in [0.15, 0.2) is 5.82 Å². The van der Waals surface area contributed by atoms with Gasteiger partial charge in [0.05, 0.1) is 10.6 Å². The first kappa shape index (κ1) is 14.4. The van der Waals surface area contributed by atoms with Crippen LogP contribution in [0.25, 0.3) is 0 Å². The average molecular weight is 300 g/mol. The minimum absolute atomic E-state index is 0.0815. The summed E-state index contributed by atoms with van der Waals surface area (Å²) in [5.41, 5.74) is 5.39. The molecule has 0 saturated heterocycles. The van der Waals surface area contributed by atoms with Gasteiger partial charge in [-0.3, -0.25) is 0 Å². The lowest BCUT2D eigenvalue weighted by Gasteiger charge is -2.08. The van der Waals surface area contributed by atoms with Crippen LogP contribution in [-0.4, -0.2) is 25.1 Å². The molecule has 0 fully saturated rings. The highest BCUT2D eigenvalue weighted by Gasteiger charge is 2.17. The van der Waals surface area contributed by atoms with E-state index in [1.165, 1.54) is 13.0 Å². The third kappa shape index (κ3) is 3.11. The largest absolute Gasteiger partial charge is 0.396 e. The van der Waals surface area contributed by atoms with Gasteiger partial charge in [0.25, 0.3) is 0 Å². The van der Waals surface area contributed by atoms with Crippen molar-refractivity contribution in [1.29, 1.82) is 0 Å². The molecule has 1 aromatic carbocycles. The molecular weight excluding hydrogens is 287 g/mol. The normalized spacial score (nSPS) is 11.7. The van der Waals surface area contributed by atoms with E-state index in [2.05, 4.69) is 19.4 Å². The number of halogens is 1. The first-order valence-electron chi connectivity index (χ1n) is 5.70. The monoisotopic (exact) mass is 300 g/mol. The number of hydrogen-bond acceptors (Lipinski definition) is 6. The molecule has 1 heterocycles. The maximum Gasteiger partial charge on any atom is 0.240 e. The molecular formula is C11H13FN4O3S. The zero-order valence-electron chi connectivity index (χ0n) is 10.6. The number of aromatic nitrogens is 2.